The van der Waals surface area contributed by atoms with Crippen LogP contribution in [-0.2, 0) is 12.0 Å². The van der Waals surface area contributed by atoms with Crippen LogP contribution in [0.25, 0.3) is 0 Å². The van der Waals surface area contributed by atoms with Gasteiger partial charge in [-0.05, 0) is 43.7 Å². The highest BCUT2D eigenvalue weighted by atomic mass is 15.1. The molecule has 1 saturated heterocycles. The second-order valence-corrected chi connectivity index (χ2v) is 5.95. The second kappa shape index (κ2) is 3.23. The molecule has 3 atom stereocenters. The van der Waals surface area contributed by atoms with Crippen molar-refractivity contribution in [1.29, 1.82) is 0 Å². The molecule has 2 unspecified atom stereocenters. The average Bonchev–Trinajstić information content (AvgIpc) is 2.61. The minimum Gasteiger partial charge on any atom is -0.300 e. The standard InChI is InChI=1S/C16H19N/c1-16-13-8-4-2-6-11(13)10-15(17-16)12-7-3-5-9-14(12)16/h2,4,6-8,14-15,17H,3,5,9-10H2,1H3/t14?,15-,16?/m1/s1. The topological polar surface area (TPSA) is 12.0 Å². The average molecular weight is 225 g/mol. The van der Waals surface area contributed by atoms with Crippen molar-refractivity contribution in [2.75, 3.05) is 0 Å². The van der Waals surface area contributed by atoms with E-state index in [0.29, 0.717) is 6.04 Å². The van der Waals surface area contributed by atoms with Crippen LogP contribution in [0.4, 0.5) is 0 Å². The Bertz CT molecular complexity index is 502. The van der Waals surface area contributed by atoms with Gasteiger partial charge in [-0.3, -0.25) is 0 Å². The van der Waals surface area contributed by atoms with E-state index in [1.807, 2.05) is 0 Å². The monoisotopic (exact) mass is 225 g/mol. The molecule has 0 spiro atoms. The van der Waals surface area contributed by atoms with Crippen molar-refractivity contribution in [2.24, 2.45) is 5.92 Å². The van der Waals surface area contributed by atoms with E-state index in [-0.39, 0.29) is 5.54 Å². The summed E-state index contributed by atoms with van der Waals surface area (Å²) >= 11 is 0. The van der Waals surface area contributed by atoms with Gasteiger partial charge in [-0.2, -0.15) is 0 Å². The molecule has 1 fully saturated rings. The smallest absolute Gasteiger partial charge is 0.0480 e. The molecule has 1 N–H and O–H groups in total. The van der Waals surface area contributed by atoms with E-state index in [1.165, 1.54) is 25.7 Å². The molecule has 1 heteroatoms. The molecule has 2 bridgehead atoms. The van der Waals surface area contributed by atoms with E-state index >= 15 is 0 Å². The number of fused-ring (bicyclic) bond motifs is 7. The van der Waals surface area contributed by atoms with Gasteiger partial charge in [0.15, 0.2) is 0 Å². The number of benzene rings is 1. The lowest BCUT2D eigenvalue weighted by Gasteiger charge is -2.37. The van der Waals surface area contributed by atoms with Crippen LogP contribution in [0.15, 0.2) is 35.9 Å². The molecule has 1 aromatic rings. The maximum Gasteiger partial charge on any atom is 0.0480 e. The normalized spacial score (nSPS) is 38.3. The van der Waals surface area contributed by atoms with Crippen LogP contribution in [0.1, 0.15) is 37.3 Å². The van der Waals surface area contributed by atoms with Gasteiger partial charge in [-0.25, -0.2) is 0 Å². The van der Waals surface area contributed by atoms with Gasteiger partial charge in [-0.15, -0.1) is 0 Å². The van der Waals surface area contributed by atoms with Crippen LogP contribution in [0.2, 0.25) is 0 Å². The summed E-state index contributed by atoms with van der Waals surface area (Å²) in [5.74, 6) is 0.741. The number of allylic oxidation sites excluding steroid dienone is 1. The molecule has 4 rings (SSSR count). The lowest BCUT2D eigenvalue weighted by Crippen LogP contribution is -2.46. The van der Waals surface area contributed by atoms with Crippen LogP contribution in [0, 0.1) is 5.92 Å². The molecule has 3 aliphatic rings. The largest absolute Gasteiger partial charge is 0.300 e. The van der Waals surface area contributed by atoms with Crippen molar-refractivity contribution < 1.29 is 0 Å². The van der Waals surface area contributed by atoms with Crippen molar-refractivity contribution >= 4 is 0 Å². The van der Waals surface area contributed by atoms with Gasteiger partial charge in [0.25, 0.3) is 0 Å². The predicted molar refractivity (Wildman–Crippen MR) is 69.8 cm³/mol. The predicted octanol–water partition coefficient (Wildman–Crippen LogP) is 3.16. The Labute approximate surface area is 103 Å². The Hall–Kier alpha value is -1.08. The molecule has 1 aromatic carbocycles. The Morgan fingerprint density at radius 3 is 3.12 bits per heavy atom. The number of rotatable bonds is 0. The molecular formula is C16H19N. The van der Waals surface area contributed by atoms with Crippen molar-refractivity contribution in [3.05, 3.63) is 47.0 Å². The van der Waals surface area contributed by atoms with Gasteiger partial charge >= 0.3 is 0 Å². The lowest BCUT2D eigenvalue weighted by molar-refractivity contribution is 0.287. The first-order valence-corrected chi connectivity index (χ1v) is 6.85. The highest BCUT2D eigenvalue weighted by Crippen LogP contribution is 2.51. The second-order valence-electron chi connectivity index (χ2n) is 5.95. The maximum absolute atomic E-state index is 3.90. The van der Waals surface area contributed by atoms with Crippen molar-refractivity contribution in [2.45, 2.75) is 44.2 Å². The SMILES string of the molecule is CC12N[C@H](Cc3ccccc31)C1=CCCCC12. The highest BCUT2D eigenvalue weighted by molar-refractivity contribution is 5.46. The first-order valence-electron chi connectivity index (χ1n) is 6.85. The third-order valence-electron chi connectivity index (χ3n) is 5.05. The minimum absolute atomic E-state index is 0.200. The fraction of sp³-hybridized carbons (Fsp3) is 0.500. The summed E-state index contributed by atoms with van der Waals surface area (Å²) in [4.78, 5) is 0. The summed E-state index contributed by atoms with van der Waals surface area (Å²) in [6.45, 7) is 2.41. The third kappa shape index (κ3) is 1.18. The molecule has 0 saturated carbocycles. The van der Waals surface area contributed by atoms with Crippen LogP contribution < -0.4 is 5.32 Å². The van der Waals surface area contributed by atoms with Gasteiger partial charge in [-0.1, -0.05) is 35.9 Å². The van der Waals surface area contributed by atoms with E-state index < -0.39 is 0 Å². The Kier molecular flexibility index (Phi) is 1.88. The van der Waals surface area contributed by atoms with Crippen LogP contribution in [0.5, 0.6) is 0 Å². The molecule has 17 heavy (non-hydrogen) atoms. The van der Waals surface area contributed by atoms with Crippen molar-refractivity contribution in [1.82, 2.24) is 5.32 Å². The number of nitrogens with one attached hydrogen (secondary N) is 1. The molecule has 88 valence electrons. The summed E-state index contributed by atoms with van der Waals surface area (Å²) in [5, 5.41) is 3.90. The molecule has 1 aliphatic carbocycles. The van der Waals surface area contributed by atoms with Gasteiger partial charge < -0.3 is 5.32 Å². The minimum atomic E-state index is 0.200. The summed E-state index contributed by atoms with van der Waals surface area (Å²) in [6, 6.07) is 9.64. The number of hydrogen-bond donors (Lipinski definition) is 1. The molecule has 0 radical (unpaired) electrons. The van der Waals surface area contributed by atoms with E-state index in [4.69, 9.17) is 0 Å². The van der Waals surface area contributed by atoms with Crippen molar-refractivity contribution in [3.63, 3.8) is 0 Å². The zero-order valence-electron chi connectivity index (χ0n) is 10.4. The van der Waals surface area contributed by atoms with Crippen molar-refractivity contribution in [3.8, 4) is 0 Å². The van der Waals surface area contributed by atoms with Crippen LogP contribution in [-0.4, -0.2) is 6.04 Å². The molecule has 1 nitrogen and oxygen atoms in total. The molecule has 2 aliphatic heterocycles. The highest BCUT2D eigenvalue weighted by Gasteiger charge is 2.51. The Morgan fingerprint density at radius 2 is 2.18 bits per heavy atom. The molecular weight excluding hydrogens is 206 g/mol. The fourth-order valence-corrected chi connectivity index (χ4v) is 4.31. The van der Waals surface area contributed by atoms with E-state index in [1.54, 1.807) is 16.7 Å². The molecule has 0 aromatic heterocycles. The maximum atomic E-state index is 3.90. The first kappa shape index (κ1) is 9.90. The number of hydrogen-bond acceptors (Lipinski definition) is 1. The van der Waals surface area contributed by atoms with Gasteiger partial charge in [0.05, 0.1) is 0 Å². The summed E-state index contributed by atoms with van der Waals surface area (Å²) in [6.07, 6.45) is 7.72. The summed E-state index contributed by atoms with van der Waals surface area (Å²) < 4.78 is 0. The first-order chi connectivity index (χ1) is 8.29. The molecule has 2 heterocycles. The van der Waals surface area contributed by atoms with Crippen LogP contribution in [0.3, 0.4) is 0 Å². The molecule has 0 amide bonds. The fourth-order valence-electron chi connectivity index (χ4n) is 4.31. The van der Waals surface area contributed by atoms with E-state index in [2.05, 4.69) is 42.6 Å². The van der Waals surface area contributed by atoms with E-state index in [9.17, 15) is 0 Å². The van der Waals surface area contributed by atoms with E-state index in [0.717, 1.165) is 5.92 Å². The zero-order valence-corrected chi connectivity index (χ0v) is 10.4. The van der Waals surface area contributed by atoms with Gasteiger partial charge in [0.2, 0.25) is 0 Å². The van der Waals surface area contributed by atoms with Gasteiger partial charge in [0, 0.05) is 17.5 Å². The Morgan fingerprint density at radius 1 is 1.29 bits per heavy atom. The third-order valence-corrected chi connectivity index (χ3v) is 5.05. The Balaban J connectivity index is 1.93. The summed E-state index contributed by atoms with van der Waals surface area (Å²) in [5.41, 5.74) is 5.02. The van der Waals surface area contributed by atoms with Gasteiger partial charge in [0.1, 0.15) is 0 Å². The van der Waals surface area contributed by atoms with Crippen LogP contribution >= 0.6 is 0 Å². The quantitative estimate of drug-likeness (QED) is 0.669. The lowest BCUT2D eigenvalue weighted by atomic mass is 9.74. The summed E-state index contributed by atoms with van der Waals surface area (Å²) in [7, 11) is 0. The zero-order chi connectivity index (χ0) is 11.5.